The number of anilines is 2. The van der Waals surface area contributed by atoms with Crippen molar-refractivity contribution >= 4 is 50.3 Å². The Morgan fingerprint density at radius 2 is 1.63 bits per heavy atom. The van der Waals surface area contributed by atoms with E-state index in [0.29, 0.717) is 29.4 Å². The summed E-state index contributed by atoms with van der Waals surface area (Å²) in [6.07, 6.45) is 12.2. The first-order valence-electron chi connectivity index (χ1n) is 15.4. The van der Waals surface area contributed by atoms with Gasteiger partial charge in [-0.25, -0.2) is 9.78 Å². The normalized spacial score (nSPS) is 14.1. The van der Waals surface area contributed by atoms with Crippen LogP contribution >= 0.6 is 11.3 Å². The Balaban J connectivity index is 1.23. The summed E-state index contributed by atoms with van der Waals surface area (Å²) in [5.41, 5.74) is 9.12. The van der Waals surface area contributed by atoms with Gasteiger partial charge in [0.25, 0.3) is 0 Å². The molecule has 0 saturated carbocycles. The third kappa shape index (κ3) is 10.6. The number of benzene rings is 1. The van der Waals surface area contributed by atoms with Crippen molar-refractivity contribution in [1.29, 1.82) is 0 Å². The van der Waals surface area contributed by atoms with Gasteiger partial charge < -0.3 is 20.7 Å². The Morgan fingerprint density at radius 1 is 0.953 bits per heavy atom. The van der Waals surface area contributed by atoms with Crippen LogP contribution in [0.5, 0.6) is 0 Å². The Hall–Kier alpha value is -3.57. The van der Waals surface area contributed by atoms with Crippen molar-refractivity contribution in [3.63, 3.8) is 0 Å². The largest absolute Gasteiger partial charge is 0.446 e. The van der Waals surface area contributed by atoms with E-state index in [1.54, 1.807) is 6.20 Å². The molecule has 11 heteroatoms. The predicted octanol–water partition coefficient (Wildman–Crippen LogP) is 6.63. The molecule has 0 unspecified atom stereocenters. The van der Waals surface area contributed by atoms with Gasteiger partial charge in [0.05, 0.1) is 21.6 Å². The van der Waals surface area contributed by atoms with E-state index in [2.05, 4.69) is 32.5 Å². The fourth-order valence-electron chi connectivity index (χ4n) is 5.20. The molecular formula is C32H44N6O4S. The van der Waals surface area contributed by atoms with Crippen molar-refractivity contribution in [2.45, 2.75) is 90.1 Å². The summed E-state index contributed by atoms with van der Waals surface area (Å²) in [6.45, 7) is 3.69. The highest BCUT2D eigenvalue weighted by Gasteiger charge is 2.21. The van der Waals surface area contributed by atoms with E-state index >= 15 is 0 Å². The number of unbranched alkanes of at least 4 members (excludes halogenated alkanes) is 7. The van der Waals surface area contributed by atoms with Crippen molar-refractivity contribution in [2.75, 3.05) is 30.8 Å². The zero-order valence-electron chi connectivity index (χ0n) is 25.3. The number of primary amides is 1. The Bertz CT molecular complexity index is 1390. The molecule has 4 rings (SSSR count). The van der Waals surface area contributed by atoms with Gasteiger partial charge in [-0.15, -0.1) is 0 Å². The van der Waals surface area contributed by atoms with Crippen LogP contribution in [-0.2, 0) is 14.3 Å². The maximum atomic E-state index is 12.6. The zero-order chi connectivity index (χ0) is 30.6. The second kappa shape index (κ2) is 16.3. The third-order valence-electron chi connectivity index (χ3n) is 7.81. The number of ether oxygens (including phenoxy) is 1. The van der Waals surface area contributed by atoms with Gasteiger partial charge in [0.1, 0.15) is 6.10 Å². The molecule has 1 saturated heterocycles. The minimum Gasteiger partial charge on any atom is -0.446 e. The van der Waals surface area contributed by atoms with Crippen LogP contribution in [0.1, 0.15) is 82.7 Å². The molecule has 43 heavy (non-hydrogen) atoms. The van der Waals surface area contributed by atoms with Crippen molar-refractivity contribution in [3.8, 4) is 11.1 Å². The van der Waals surface area contributed by atoms with Gasteiger partial charge in [-0.05, 0) is 63.4 Å². The van der Waals surface area contributed by atoms with E-state index in [1.165, 1.54) is 11.3 Å². The fraction of sp³-hybridized carbons (Fsp3) is 0.531. The lowest BCUT2D eigenvalue weighted by Gasteiger charge is -2.28. The standard InChI is InChI=1S/C32H44N6O4S/c1-22-27(36-32(41)42-25-15-17-38(2)18-16-25)19-24(21-34-22)23-13-14-26-28(20-23)43-31(35-26)37-30(40)12-10-8-6-4-3-5-7-9-11-29(33)39/h13-14,19-21,25H,3-12,15-18H2,1-2H3,(H2,33,39)(H,36,41)(H,35,37,40). The number of rotatable bonds is 15. The van der Waals surface area contributed by atoms with Gasteiger partial charge in [-0.2, -0.15) is 0 Å². The number of amides is 3. The molecule has 3 amide bonds. The van der Waals surface area contributed by atoms with Crippen LogP contribution in [0.15, 0.2) is 30.5 Å². The second-order valence-electron chi connectivity index (χ2n) is 11.4. The number of likely N-dealkylation sites (tertiary alicyclic amines) is 1. The highest BCUT2D eigenvalue weighted by molar-refractivity contribution is 7.22. The van der Waals surface area contributed by atoms with E-state index in [4.69, 9.17) is 10.5 Å². The number of thiazole rings is 1. The molecule has 0 atom stereocenters. The molecule has 3 heterocycles. The molecule has 2 aromatic heterocycles. The highest BCUT2D eigenvalue weighted by atomic mass is 32.1. The van der Waals surface area contributed by atoms with E-state index in [0.717, 1.165) is 98.6 Å². The van der Waals surface area contributed by atoms with Crippen molar-refractivity contribution in [1.82, 2.24) is 14.9 Å². The summed E-state index contributed by atoms with van der Waals surface area (Å²) in [7, 11) is 2.07. The molecule has 4 N–H and O–H groups in total. The fourth-order valence-corrected chi connectivity index (χ4v) is 6.12. The molecule has 0 spiro atoms. The quantitative estimate of drug-likeness (QED) is 0.164. The van der Waals surface area contributed by atoms with Crippen molar-refractivity contribution < 1.29 is 19.1 Å². The van der Waals surface area contributed by atoms with Gasteiger partial charge in [-0.1, -0.05) is 55.9 Å². The number of nitrogens with one attached hydrogen (secondary N) is 2. The van der Waals surface area contributed by atoms with E-state index < -0.39 is 6.09 Å². The third-order valence-corrected chi connectivity index (χ3v) is 8.74. The van der Waals surface area contributed by atoms with Gasteiger partial charge in [0.2, 0.25) is 11.8 Å². The summed E-state index contributed by atoms with van der Waals surface area (Å²) in [5.74, 6) is -0.240. The SMILES string of the molecule is Cc1ncc(-c2ccc3nc(NC(=O)CCCCCCCCCCC(N)=O)sc3c2)cc1NC(=O)OC1CCN(C)CC1. The molecule has 10 nitrogen and oxygen atoms in total. The van der Waals surface area contributed by atoms with Crippen LogP contribution in [0.3, 0.4) is 0 Å². The molecule has 1 aliphatic rings. The summed E-state index contributed by atoms with van der Waals surface area (Å²) < 4.78 is 6.60. The van der Waals surface area contributed by atoms with E-state index in [1.807, 2.05) is 31.2 Å². The van der Waals surface area contributed by atoms with Crippen LogP contribution in [-0.4, -0.2) is 59.0 Å². The first-order chi connectivity index (χ1) is 20.8. The minimum absolute atomic E-state index is 0.0173. The zero-order valence-corrected chi connectivity index (χ0v) is 26.1. The summed E-state index contributed by atoms with van der Waals surface area (Å²) in [5, 5.41) is 6.42. The molecular weight excluding hydrogens is 564 g/mol. The minimum atomic E-state index is -0.455. The number of nitrogens with zero attached hydrogens (tertiary/aromatic N) is 3. The van der Waals surface area contributed by atoms with Gasteiger partial charge in [0.15, 0.2) is 5.13 Å². The first kappa shape index (κ1) is 32.3. The monoisotopic (exact) mass is 608 g/mol. The predicted molar refractivity (Wildman–Crippen MR) is 172 cm³/mol. The number of piperidine rings is 1. The van der Waals surface area contributed by atoms with Crippen molar-refractivity contribution in [2.24, 2.45) is 5.73 Å². The lowest BCUT2D eigenvalue weighted by atomic mass is 10.1. The Morgan fingerprint density at radius 3 is 2.33 bits per heavy atom. The molecule has 0 radical (unpaired) electrons. The number of fused-ring (bicyclic) bond motifs is 1. The van der Waals surface area contributed by atoms with Crippen LogP contribution < -0.4 is 16.4 Å². The number of nitrogens with two attached hydrogens (primary N) is 1. The van der Waals surface area contributed by atoms with Crippen LogP contribution in [0, 0.1) is 6.92 Å². The smallest absolute Gasteiger partial charge is 0.411 e. The lowest BCUT2D eigenvalue weighted by Crippen LogP contribution is -2.36. The van der Waals surface area contributed by atoms with Gasteiger partial charge in [-0.3, -0.25) is 19.9 Å². The summed E-state index contributed by atoms with van der Waals surface area (Å²) in [6, 6.07) is 7.85. The number of carbonyl (C=O) groups is 3. The maximum Gasteiger partial charge on any atom is 0.411 e. The number of carbonyl (C=O) groups excluding carboxylic acids is 3. The highest BCUT2D eigenvalue weighted by Crippen LogP contribution is 2.32. The van der Waals surface area contributed by atoms with Crippen LogP contribution in [0.25, 0.3) is 21.3 Å². The number of pyridine rings is 1. The Kier molecular flexibility index (Phi) is 12.3. The van der Waals surface area contributed by atoms with Crippen LogP contribution in [0.4, 0.5) is 15.6 Å². The molecule has 232 valence electrons. The summed E-state index contributed by atoms with van der Waals surface area (Å²) in [4.78, 5) is 47.1. The first-order valence-corrected chi connectivity index (χ1v) is 16.2. The van der Waals surface area contributed by atoms with Gasteiger partial charge in [0, 0.05) is 37.7 Å². The molecule has 0 bridgehead atoms. The van der Waals surface area contributed by atoms with E-state index in [9.17, 15) is 14.4 Å². The molecule has 0 aliphatic carbocycles. The maximum absolute atomic E-state index is 12.6. The second-order valence-corrected chi connectivity index (χ2v) is 12.5. The molecule has 3 aromatic rings. The molecule has 1 fully saturated rings. The van der Waals surface area contributed by atoms with E-state index in [-0.39, 0.29) is 17.9 Å². The number of aromatic nitrogens is 2. The van der Waals surface area contributed by atoms with Crippen LogP contribution in [0.2, 0.25) is 0 Å². The molecule has 1 aliphatic heterocycles. The molecule has 1 aromatic carbocycles. The lowest BCUT2D eigenvalue weighted by molar-refractivity contribution is -0.118. The van der Waals surface area contributed by atoms with Gasteiger partial charge >= 0.3 is 6.09 Å². The number of hydrogen-bond donors (Lipinski definition) is 3. The average Bonchev–Trinajstić information content (AvgIpc) is 3.37. The number of aryl methyl sites for hydroxylation is 1. The van der Waals surface area contributed by atoms with Crippen molar-refractivity contribution in [3.05, 3.63) is 36.2 Å². The average molecular weight is 609 g/mol. The Labute approximate surface area is 257 Å². The topological polar surface area (TPSA) is 140 Å². The summed E-state index contributed by atoms with van der Waals surface area (Å²) >= 11 is 1.44. The number of hydrogen-bond acceptors (Lipinski definition) is 8.